The number of rotatable bonds is 3. The van der Waals surface area contributed by atoms with Crippen molar-refractivity contribution >= 4 is 34.6 Å². The van der Waals surface area contributed by atoms with E-state index in [1.165, 1.54) is 6.08 Å². The van der Waals surface area contributed by atoms with Crippen LogP contribution in [0, 0.1) is 3.57 Å². The summed E-state index contributed by atoms with van der Waals surface area (Å²) in [6.45, 7) is 0. The molecule has 2 N–H and O–H groups in total. The molecule has 0 amide bonds. The molecule has 1 aromatic carbocycles. The maximum absolute atomic E-state index is 10.4. The first kappa shape index (κ1) is 11.8. The molecule has 0 radical (unpaired) electrons. The second kappa shape index (κ2) is 5.01. The number of hydrogen-bond donors (Lipinski definition) is 2. The number of ether oxygens (including phenoxy) is 1. The lowest BCUT2D eigenvalue weighted by atomic mass is 10.2. The van der Waals surface area contributed by atoms with E-state index in [1.807, 2.05) is 0 Å². The minimum atomic E-state index is -1.35. The fraction of sp³-hybridized carbons (Fsp3) is 0.100. The maximum Gasteiger partial charge on any atom is 0.370 e. The summed E-state index contributed by atoms with van der Waals surface area (Å²) in [7, 11) is 1.56. The number of hydrogen-bond acceptors (Lipinski definition) is 3. The third-order valence-corrected chi connectivity index (χ3v) is 2.54. The van der Waals surface area contributed by atoms with Gasteiger partial charge < -0.3 is 14.9 Å². The molecule has 0 spiro atoms. The van der Waals surface area contributed by atoms with Crippen LogP contribution in [-0.4, -0.2) is 23.3 Å². The smallest absolute Gasteiger partial charge is 0.370 e. The fourth-order valence-corrected chi connectivity index (χ4v) is 1.75. The van der Waals surface area contributed by atoms with Gasteiger partial charge in [0.1, 0.15) is 5.75 Å². The number of carbonyl (C=O) groups is 1. The molecule has 4 nitrogen and oxygen atoms in total. The zero-order valence-electron chi connectivity index (χ0n) is 7.90. The van der Waals surface area contributed by atoms with Crippen molar-refractivity contribution in [2.75, 3.05) is 7.11 Å². The molecule has 0 unspecified atom stereocenters. The van der Waals surface area contributed by atoms with E-state index >= 15 is 0 Å². The first-order valence-electron chi connectivity index (χ1n) is 4.02. The number of aliphatic hydroxyl groups is 1. The van der Waals surface area contributed by atoms with Crippen molar-refractivity contribution in [1.82, 2.24) is 0 Å². The van der Waals surface area contributed by atoms with Crippen LogP contribution in [0.3, 0.4) is 0 Å². The predicted octanol–water partition coefficient (Wildman–Crippen LogP) is 2.28. The average molecular weight is 320 g/mol. The molecule has 0 aromatic heterocycles. The number of aliphatic hydroxyl groups excluding tert-OH is 1. The monoisotopic (exact) mass is 320 g/mol. The molecule has 0 saturated carbocycles. The van der Waals surface area contributed by atoms with Gasteiger partial charge in [0.15, 0.2) is 0 Å². The van der Waals surface area contributed by atoms with Crippen LogP contribution < -0.4 is 4.74 Å². The predicted molar refractivity (Wildman–Crippen MR) is 64.0 cm³/mol. The molecule has 15 heavy (non-hydrogen) atoms. The molecule has 0 fully saturated rings. The topological polar surface area (TPSA) is 66.8 Å². The van der Waals surface area contributed by atoms with E-state index in [0.717, 1.165) is 3.57 Å². The lowest BCUT2D eigenvalue weighted by Crippen LogP contribution is -1.98. The zero-order chi connectivity index (χ0) is 11.4. The number of benzene rings is 1. The van der Waals surface area contributed by atoms with Gasteiger partial charge in [-0.15, -0.1) is 0 Å². The molecular weight excluding hydrogens is 311 g/mol. The number of carboxylic acids is 1. The average Bonchev–Trinajstić information content (AvgIpc) is 2.18. The Hall–Kier alpha value is -1.24. The second-order valence-corrected chi connectivity index (χ2v) is 3.89. The van der Waals surface area contributed by atoms with Gasteiger partial charge in [0.2, 0.25) is 5.76 Å². The Kier molecular flexibility index (Phi) is 3.96. The Bertz CT molecular complexity index is 412. The van der Waals surface area contributed by atoms with Crippen LogP contribution in [0.1, 0.15) is 5.56 Å². The first-order valence-corrected chi connectivity index (χ1v) is 5.10. The maximum atomic E-state index is 10.4. The van der Waals surface area contributed by atoms with Crippen LogP contribution in [0.5, 0.6) is 5.75 Å². The van der Waals surface area contributed by atoms with Crippen LogP contribution >= 0.6 is 22.6 Å². The summed E-state index contributed by atoms with van der Waals surface area (Å²) in [4.78, 5) is 10.4. The van der Waals surface area contributed by atoms with Crippen molar-refractivity contribution in [2.24, 2.45) is 0 Å². The van der Waals surface area contributed by atoms with Crippen molar-refractivity contribution in [3.63, 3.8) is 0 Å². The quantitative estimate of drug-likeness (QED) is 0.509. The summed E-state index contributed by atoms with van der Waals surface area (Å²) in [6, 6.07) is 5.10. The number of aliphatic carboxylic acids is 1. The molecule has 5 heteroatoms. The highest BCUT2D eigenvalue weighted by molar-refractivity contribution is 14.1. The van der Waals surface area contributed by atoms with Crippen LogP contribution in [0.4, 0.5) is 0 Å². The molecule has 80 valence electrons. The van der Waals surface area contributed by atoms with E-state index in [-0.39, 0.29) is 0 Å². The van der Waals surface area contributed by atoms with E-state index < -0.39 is 11.7 Å². The van der Waals surface area contributed by atoms with Crippen LogP contribution in [-0.2, 0) is 4.79 Å². The van der Waals surface area contributed by atoms with Gasteiger partial charge in [-0.05, 0) is 46.4 Å². The molecule has 0 aliphatic rings. The van der Waals surface area contributed by atoms with Crippen LogP contribution in [0.25, 0.3) is 6.08 Å². The summed E-state index contributed by atoms with van der Waals surface area (Å²) in [5.74, 6) is -1.32. The number of halogens is 1. The summed E-state index contributed by atoms with van der Waals surface area (Å²) < 4.78 is 5.89. The van der Waals surface area contributed by atoms with Gasteiger partial charge in [-0.3, -0.25) is 0 Å². The Morgan fingerprint density at radius 3 is 2.60 bits per heavy atom. The standard InChI is InChI=1S/C10H9IO4/c1-15-9-3-2-6(4-7(9)11)5-8(12)10(13)14/h2-5,12H,1H3,(H,13,14)/b8-5-. The molecule has 0 aliphatic carbocycles. The largest absolute Gasteiger partial charge is 0.502 e. The van der Waals surface area contributed by atoms with Gasteiger partial charge in [0, 0.05) is 0 Å². The van der Waals surface area contributed by atoms with Gasteiger partial charge in [-0.25, -0.2) is 4.79 Å². The summed E-state index contributed by atoms with van der Waals surface area (Å²) in [5.41, 5.74) is 0.611. The summed E-state index contributed by atoms with van der Waals surface area (Å²) in [6.07, 6.45) is 1.18. The van der Waals surface area contributed by atoms with Gasteiger partial charge in [-0.1, -0.05) is 6.07 Å². The van der Waals surface area contributed by atoms with E-state index in [9.17, 15) is 4.79 Å². The summed E-state index contributed by atoms with van der Waals surface area (Å²) in [5, 5.41) is 17.5. The zero-order valence-corrected chi connectivity index (χ0v) is 10.1. The highest BCUT2D eigenvalue weighted by atomic mass is 127. The van der Waals surface area contributed by atoms with Crippen molar-refractivity contribution in [1.29, 1.82) is 0 Å². The minimum absolute atomic E-state index is 0.611. The van der Waals surface area contributed by atoms with Crippen molar-refractivity contribution in [2.45, 2.75) is 0 Å². The highest BCUT2D eigenvalue weighted by Gasteiger charge is 2.05. The van der Waals surface area contributed by atoms with E-state index in [4.69, 9.17) is 14.9 Å². The molecular formula is C10H9IO4. The van der Waals surface area contributed by atoms with E-state index in [2.05, 4.69) is 22.6 Å². The fourth-order valence-electron chi connectivity index (χ4n) is 0.992. The van der Waals surface area contributed by atoms with Gasteiger partial charge in [-0.2, -0.15) is 0 Å². The third kappa shape index (κ3) is 3.12. The summed E-state index contributed by atoms with van der Waals surface area (Å²) >= 11 is 2.07. The highest BCUT2D eigenvalue weighted by Crippen LogP contribution is 2.22. The minimum Gasteiger partial charge on any atom is -0.502 e. The number of carboxylic acid groups (broad SMARTS) is 1. The first-order chi connectivity index (χ1) is 7.04. The Balaban J connectivity index is 3.03. The van der Waals surface area contributed by atoms with Crippen LogP contribution in [0.2, 0.25) is 0 Å². The second-order valence-electron chi connectivity index (χ2n) is 2.73. The molecule has 0 heterocycles. The van der Waals surface area contributed by atoms with Gasteiger partial charge in [0.25, 0.3) is 0 Å². The molecule has 0 atom stereocenters. The third-order valence-electron chi connectivity index (χ3n) is 1.70. The number of methoxy groups -OCH3 is 1. The Labute approximate surface area is 100 Å². The lowest BCUT2D eigenvalue weighted by molar-refractivity contribution is -0.135. The molecule has 0 aliphatic heterocycles. The van der Waals surface area contributed by atoms with Crippen molar-refractivity contribution in [3.05, 3.63) is 33.1 Å². The molecule has 1 rings (SSSR count). The molecule has 0 saturated heterocycles. The molecule has 1 aromatic rings. The Morgan fingerprint density at radius 2 is 2.13 bits per heavy atom. The van der Waals surface area contributed by atoms with Crippen LogP contribution in [0.15, 0.2) is 24.0 Å². The van der Waals surface area contributed by atoms with Gasteiger partial charge in [0.05, 0.1) is 10.7 Å². The van der Waals surface area contributed by atoms with Crippen molar-refractivity contribution in [3.8, 4) is 5.75 Å². The normalized spacial score (nSPS) is 11.2. The SMILES string of the molecule is COc1ccc(/C=C(\O)C(=O)O)cc1I. The van der Waals surface area contributed by atoms with E-state index in [1.54, 1.807) is 25.3 Å². The van der Waals surface area contributed by atoms with E-state index in [0.29, 0.717) is 11.3 Å². The van der Waals surface area contributed by atoms with Crippen molar-refractivity contribution < 1.29 is 19.7 Å². The Morgan fingerprint density at radius 1 is 1.47 bits per heavy atom. The lowest BCUT2D eigenvalue weighted by Gasteiger charge is -2.03. The van der Waals surface area contributed by atoms with Gasteiger partial charge >= 0.3 is 5.97 Å². The molecule has 0 bridgehead atoms.